The van der Waals surface area contributed by atoms with Crippen LogP contribution in [-0.4, -0.2) is 25.5 Å². The number of nitrogens with zero attached hydrogens (tertiary/aromatic N) is 1. The Labute approximate surface area is 169 Å². The van der Waals surface area contributed by atoms with E-state index in [0.29, 0.717) is 6.54 Å². The fourth-order valence-corrected chi connectivity index (χ4v) is 2.63. The van der Waals surface area contributed by atoms with Gasteiger partial charge < -0.3 is 16.0 Å². The maximum atomic E-state index is 12.2. The van der Waals surface area contributed by atoms with E-state index in [2.05, 4.69) is 29.3 Å². The van der Waals surface area contributed by atoms with Crippen LogP contribution in [0.1, 0.15) is 30.5 Å². The van der Waals surface area contributed by atoms with Crippen LogP contribution < -0.4 is 16.0 Å². The van der Waals surface area contributed by atoms with E-state index < -0.39 is 6.04 Å². The van der Waals surface area contributed by atoms with E-state index in [1.54, 1.807) is 0 Å². The summed E-state index contributed by atoms with van der Waals surface area (Å²) in [6.45, 7) is 6.63. The molecule has 144 valence electrons. The average Bonchev–Trinajstić information content (AvgIpc) is 2.62. The Kier molecular flexibility index (Phi) is 11.7. The number of carbonyl (C=O) groups excluding carboxylic acids is 1. The third kappa shape index (κ3) is 7.24. The molecule has 2 aromatic carbocycles. The predicted octanol–water partition coefficient (Wildman–Crippen LogP) is 3.87. The highest BCUT2D eigenvalue weighted by atomic mass is 35.5. The molecule has 1 unspecified atom stereocenters. The van der Waals surface area contributed by atoms with E-state index in [4.69, 9.17) is 5.73 Å². The molecule has 0 bridgehead atoms. The normalized spacial score (nSPS) is 10.9. The highest BCUT2D eigenvalue weighted by Gasteiger charge is 2.14. The number of para-hydroxylation sites is 1. The molecular weight excluding hydrogens is 369 g/mol. The standard InChI is InChI=1S/C20H27N3O.2ClH/c1-3-23(18-8-5-4-6-9-18)15-7-14-22-20(24)19(21)17-12-10-16(2)11-13-17;;/h4-6,8-13,19H,3,7,14-15,21H2,1-2H3,(H,22,24);2*1H. The van der Waals surface area contributed by atoms with Crippen molar-refractivity contribution < 1.29 is 4.79 Å². The van der Waals surface area contributed by atoms with Crippen LogP contribution in [-0.2, 0) is 4.79 Å². The molecule has 6 heteroatoms. The Morgan fingerprint density at radius 2 is 1.69 bits per heavy atom. The van der Waals surface area contributed by atoms with Crippen molar-refractivity contribution in [2.45, 2.75) is 26.3 Å². The van der Waals surface area contributed by atoms with Crippen molar-refractivity contribution in [3.8, 4) is 0 Å². The number of rotatable bonds is 8. The summed E-state index contributed by atoms with van der Waals surface area (Å²) in [4.78, 5) is 14.5. The third-order valence-electron chi connectivity index (χ3n) is 4.13. The number of amides is 1. The second kappa shape index (κ2) is 12.6. The van der Waals surface area contributed by atoms with Gasteiger partial charge in [-0.1, -0.05) is 48.0 Å². The Bertz CT molecular complexity index is 635. The van der Waals surface area contributed by atoms with Gasteiger partial charge >= 0.3 is 0 Å². The van der Waals surface area contributed by atoms with Crippen LogP contribution in [0, 0.1) is 6.92 Å². The van der Waals surface area contributed by atoms with Gasteiger partial charge in [0, 0.05) is 25.3 Å². The second-order valence-corrected chi connectivity index (χ2v) is 5.95. The number of aryl methyl sites for hydroxylation is 1. The smallest absolute Gasteiger partial charge is 0.241 e. The number of nitrogens with one attached hydrogen (secondary N) is 1. The van der Waals surface area contributed by atoms with Crippen LogP contribution in [0.15, 0.2) is 54.6 Å². The summed E-state index contributed by atoms with van der Waals surface area (Å²) in [5.74, 6) is -0.124. The van der Waals surface area contributed by atoms with Gasteiger partial charge in [-0.2, -0.15) is 0 Å². The van der Waals surface area contributed by atoms with Crippen molar-refractivity contribution in [2.75, 3.05) is 24.5 Å². The Morgan fingerprint density at radius 1 is 1.08 bits per heavy atom. The molecule has 4 nitrogen and oxygen atoms in total. The molecule has 26 heavy (non-hydrogen) atoms. The number of nitrogens with two attached hydrogens (primary N) is 1. The van der Waals surface area contributed by atoms with Crippen molar-refractivity contribution in [2.24, 2.45) is 5.73 Å². The van der Waals surface area contributed by atoms with Gasteiger partial charge in [-0.05, 0) is 38.0 Å². The van der Waals surface area contributed by atoms with Gasteiger partial charge in [0.05, 0.1) is 0 Å². The lowest BCUT2D eigenvalue weighted by Crippen LogP contribution is -2.36. The summed E-state index contributed by atoms with van der Waals surface area (Å²) in [7, 11) is 0. The highest BCUT2D eigenvalue weighted by molar-refractivity contribution is 5.85. The van der Waals surface area contributed by atoms with E-state index >= 15 is 0 Å². The molecule has 2 rings (SSSR count). The zero-order valence-corrected chi connectivity index (χ0v) is 17.0. The van der Waals surface area contributed by atoms with Gasteiger partial charge in [-0.15, -0.1) is 24.8 Å². The molecule has 3 N–H and O–H groups in total. The van der Waals surface area contributed by atoms with Gasteiger partial charge in [-0.3, -0.25) is 4.79 Å². The topological polar surface area (TPSA) is 58.4 Å². The summed E-state index contributed by atoms with van der Waals surface area (Å²) in [6, 6.07) is 17.5. The van der Waals surface area contributed by atoms with E-state index in [1.807, 2.05) is 49.4 Å². The summed E-state index contributed by atoms with van der Waals surface area (Å²) >= 11 is 0. The first-order valence-corrected chi connectivity index (χ1v) is 8.51. The second-order valence-electron chi connectivity index (χ2n) is 5.95. The zero-order valence-electron chi connectivity index (χ0n) is 15.4. The predicted molar refractivity (Wildman–Crippen MR) is 115 cm³/mol. The molecule has 1 atom stereocenters. The Morgan fingerprint density at radius 3 is 2.27 bits per heavy atom. The monoisotopic (exact) mass is 397 g/mol. The molecule has 0 radical (unpaired) electrons. The molecule has 2 aromatic rings. The number of hydrogen-bond donors (Lipinski definition) is 2. The van der Waals surface area contributed by atoms with E-state index in [0.717, 1.165) is 30.6 Å². The summed E-state index contributed by atoms with van der Waals surface area (Å²) in [6.07, 6.45) is 0.884. The van der Waals surface area contributed by atoms with E-state index in [9.17, 15) is 4.79 Å². The fraction of sp³-hybridized carbons (Fsp3) is 0.350. The molecule has 0 aliphatic rings. The number of hydrogen-bond acceptors (Lipinski definition) is 3. The van der Waals surface area contributed by atoms with Gasteiger partial charge in [0.1, 0.15) is 6.04 Å². The summed E-state index contributed by atoms with van der Waals surface area (Å²) in [5.41, 5.74) is 9.24. The minimum atomic E-state index is -0.609. The van der Waals surface area contributed by atoms with Gasteiger partial charge in [0.25, 0.3) is 0 Å². The molecule has 0 aliphatic carbocycles. The lowest BCUT2D eigenvalue weighted by molar-refractivity contribution is -0.122. The molecule has 0 saturated carbocycles. The molecule has 0 fully saturated rings. The van der Waals surface area contributed by atoms with Crippen LogP contribution in [0.25, 0.3) is 0 Å². The lowest BCUT2D eigenvalue weighted by Gasteiger charge is -2.23. The SMILES string of the molecule is CCN(CCCNC(=O)C(N)c1ccc(C)cc1)c1ccccc1.Cl.Cl. The molecule has 1 amide bonds. The van der Waals surface area contributed by atoms with Crippen molar-refractivity contribution in [1.82, 2.24) is 5.32 Å². The van der Waals surface area contributed by atoms with Gasteiger partial charge in [0.2, 0.25) is 5.91 Å². The van der Waals surface area contributed by atoms with E-state index in [1.165, 1.54) is 5.69 Å². The molecule has 0 aromatic heterocycles. The zero-order chi connectivity index (χ0) is 17.4. The van der Waals surface area contributed by atoms with Gasteiger partial charge in [0.15, 0.2) is 0 Å². The maximum Gasteiger partial charge on any atom is 0.241 e. The van der Waals surface area contributed by atoms with Crippen LogP contribution in [0.3, 0.4) is 0 Å². The maximum absolute atomic E-state index is 12.2. The first-order valence-electron chi connectivity index (χ1n) is 8.51. The molecular formula is C20H29Cl2N3O. The molecule has 0 spiro atoms. The average molecular weight is 398 g/mol. The third-order valence-corrected chi connectivity index (χ3v) is 4.13. The van der Waals surface area contributed by atoms with Crippen LogP contribution in [0.4, 0.5) is 5.69 Å². The number of carbonyl (C=O) groups is 1. The first kappa shape index (κ1) is 24.2. The highest BCUT2D eigenvalue weighted by Crippen LogP contribution is 2.13. The quantitative estimate of drug-likeness (QED) is 0.664. The molecule has 0 saturated heterocycles. The Hall–Kier alpha value is -1.75. The molecule has 0 heterocycles. The minimum Gasteiger partial charge on any atom is -0.372 e. The van der Waals surface area contributed by atoms with Crippen LogP contribution in [0.5, 0.6) is 0 Å². The van der Waals surface area contributed by atoms with Crippen LogP contribution >= 0.6 is 24.8 Å². The van der Waals surface area contributed by atoms with Gasteiger partial charge in [-0.25, -0.2) is 0 Å². The van der Waals surface area contributed by atoms with Crippen molar-refractivity contribution in [1.29, 1.82) is 0 Å². The number of halogens is 2. The minimum absolute atomic E-state index is 0. The lowest BCUT2D eigenvalue weighted by atomic mass is 10.1. The Balaban J connectivity index is 0.00000312. The van der Waals surface area contributed by atoms with Crippen molar-refractivity contribution >= 4 is 36.4 Å². The summed E-state index contributed by atoms with van der Waals surface area (Å²) in [5, 5.41) is 2.94. The first-order chi connectivity index (χ1) is 11.6. The van der Waals surface area contributed by atoms with Crippen LogP contribution in [0.2, 0.25) is 0 Å². The largest absolute Gasteiger partial charge is 0.372 e. The summed E-state index contributed by atoms with van der Waals surface area (Å²) < 4.78 is 0. The van der Waals surface area contributed by atoms with E-state index in [-0.39, 0.29) is 30.7 Å². The number of anilines is 1. The fourth-order valence-electron chi connectivity index (χ4n) is 2.63. The number of benzene rings is 2. The van der Waals surface area contributed by atoms with Crippen molar-refractivity contribution in [3.63, 3.8) is 0 Å². The van der Waals surface area contributed by atoms with Crippen molar-refractivity contribution in [3.05, 3.63) is 65.7 Å². The molecule has 0 aliphatic heterocycles.